The van der Waals surface area contributed by atoms with Crippen molar-refractivity contribution in [1.29, 1.82) is 0 Å². The van der Waals surface area contributed by atoms with Crippen molar-refractivity contribution in [2.75, 3.05) is 0 Å². The predicted molar refractivity (Wildman–Crippen MR) is 97.6 cm³/mol. The molecule has 0 unspecified atom stereocenters. The smallest absolute Gasteiger partial charge is 0.270 e. The molecule has 1 heterocycles. The van der Waals surface area contributed by atoms with Crippen LogP contribution in [0.1, 0.15) is 28.7 Å². The quantitative estimate of drug-likeness (QED) is 0.358. The van der Waals surface area contributed by atoms with Gasteiger partial charge in [-0.15, -0.1) is 10.2 Å². The molecule has 8 heteroatoms. The average molecular weight is 368 g/mol. The van der Waals surface area contributed by atoms with Gasteiger partial charge < -0.3 is 4.57 Å². The number of aromatic nitrogens is 3. The first-order valence-electron chi connectivity index (χ1n) is 7.99. The minimum absolute atomic E-state index is 0.113. The molecular weight excluding hydrogens is 352 g/mol. The largest absolute Gasteiger partial charge is 0.306 e. The Kier molecular flexibility index (Phi) is 5.43. The van der Waals surface area contributed by atoms with Gasteiger partial charge in [-0.05, 0) is 30.3 Å². The highest BCUT2D eigenvalue weighted by atomic mass is 32.2. The summed E-state index contributed by atoms with van der Waals surface area (Å²) in [6, 6.07) is 14.2. The lowest BCUT2D eigenvalue weighted by atomic mass is 10.1. The highest BCUT2D eigenvalue weighted by Crippen LogP contribution is 2.31. The third-order valence-corrected chi connectivity index (χ3v) is 4.92. The average Bonchev–Trinajstić information content (AvgIpc) is 3.03. The molecule has 0 fully saturated rings. The molecule has 7 nitrogen and oxygen atoms in total. The molecule has 1 aromatic heterocycles. The van der Waals surface area contributed by atoms with Crippen LogP contribution < -0.4 is 0 Å². The maximum atomic E-state index is 11.3. The highest BCUT2D eigenvalue weighted by molar-refractivity contribution is 7.99. The molecular formula is C18H16N4O3S. The predicted octanol–water partition coefficient (Wildman–Crippen LogP) is 3.76. The van der Waals surface area contributed by atoms with Crippen LogP contribution in [0.15, 0.2) is 58.6 Å². The van der Waals surface area contributed by atoms with E-state index in [2.05, 4.69) is 10.2 Å². The van der Waals surface area contributed by atoms with Gasteiger partial charge in [0.2, 0.25) is 0 Å². The minimum Gasteiger partial charge on any atom is -0.306 e. The van der Waals surface area contributed by atoms with Crippen molar-refractivity contribution in [2.45, 2.75) is 29.9 Å². The molecule has 0 aliphatic rings. The van der Waals surface area contributed by atoms with Gasteiger partial charge >= 0.3 is 0 Å². The van der Waals surface area contributed by atoms with Gasteiger partial charge in [0.05, 0.1) is 4.92 Å². The zero-order valence-electron chi connectivity index (χ0n) is 14.0. The Morgan fingerprint density at radius 1 is 1.19 bits per heavy atom. The van der Waals surface area contributed by atoms with Crippen LogP contribution in [0.2, 0.25) is 0 Å². The Morgan fingerprint density at radius 2 is 1.96 bits per heavy atom. The van der Waals surface area contributed by atoms with Crippen LogP contribution in [0.25, 0.3) is 0 Å². The van der Waals surface area contributed by atoms with E-state index in [9.17, 15) is 14.9 Å². The SMILES string of the molecule is CCn1c(Cc2ccccc2)nnc1Sc1ccc([N+](=O)[O-])cc1C=O. The van der Waals surface area contributed by atoms with Crippen molar-refractivity contribution in [3.63, 3.8) is 0 Å². The third kappa shape index (κ3) is 3.80. The Labute approximate surface area is 154 Å². The zero-order valence-corrected chi connectivity index (χ0v) is 14.8. The van der Waals surface area contributed by atoms with Gasteiger partial charge in [0.25, 0.3) is 5.69 Å². The molecule has 0 N–H and O–H groups in total. The first-order valence-corrected chi connectivity index (χ1v) is 8.81. The topological polar surface area (TPSA) is 90.9 Å². The second kappa shape index (κ2) is 7.92. The number of nitrogens with zero attached hydrogens (tertiary/aromatic N) is 4. The van der Waals surface area contributed by atoms with E-state index in [0.717, 1.165) is 11.4 Å². The van der Waals surface area contributed by atoms with E-state index in [-0.39, 0.29) is 11.3 Å². The first-order chi connectivity index (χ1) is 12.6. The number of nitro groups is 1. The maximum Gasteiger partial charge on any atom is 0.270 e. The molecule has 0 bridgehead atoms. The van der Waals surface area contributed by atoms with Gasteiger partial charge in [0.15, 0.2) is 11.4 Å². The molecule has 0 radical (unpaired) electrons. The second-order valence-corrected chi connectivity index (χ2v) is 6.51. The second-order valence-electron chi connectivity index (χ2n) is 5.50. The number of hydrogen-bond acceptors (Lipinski definition) is 6. The molecule has 0 spiro atoms. The standard InChI is InChI=1S/C18H16N4O3S/c1-2-21-17(10-13-6-4-3-5-7-13)19-20-18(21)26-16-9-8-15(22(24)25)11-14(16)12-23/h3-9,11-12H,2,10H2,1H3. The maximum absolute atomic E-state index is 11.3. The number of rotatable bonds is 7. The van der Waals surface area contributed by atoms with Crippen LogP contribution in [0.3, 0.4) is 0 Å². The Bertz CT molecular complexity index is 941. The van der Waals surface area contributed by atoms with Crippen LogP contribution in [-0.4, -0.2) is 26.0 Å². The normalized spacial score (nSPS) is 10.7. The lowest BCUT2D eigenvalue weighted by Gasteiger charge is -2.08. The summed E-state index contributed by atoms with van der Waals surface area (Å²) >= 11 is 1.28. The molecule has 26 heavy (non-hydrogen) atoms. The molecule has 3 aromatic rings. The number of non-ortho nitro benzene ring substituents is 1. The lowest BCUT2D eigenvalue weighted by molar-refractivity contribution is -0.384. The van der Waals surface area contributed by atoms with Gasteiger partial charge in [0.1, 0.15) is 5.82 Å². The van der Waals surface area contributed by atoms with E-state index in [4.69, 9.17) is 0 Å². The Morgan fingerprint density at radius 3 is 2.62 bits per heavy atom. The van der Waals surface area contributed by atoms with Crippen LogP contribution in [0.5, 0.6) is 0 Å². The number of hydrogen-bond donors (Lipinski definition) is 0. The van der Waals surface area contributed by atoms with Gasteiger partial charge in [-0.3, -0.25) is 14.9 Å². The molecule has 0 atom stereocenters. The van der Waals surface area contributed by atoms with Gasteiger partial charge in [-0.25, -0.2) is 0 Å². The van der Waals surface area contributed by atoms with Crippen molar-refractivity contribution < 1.29 is 9.72 Å². The van der Waals surface area contributed by atoms with Crippen LogP contribution in [-0.2, 0) is 13.0 Å². The molecule has 132 valence electrons. The number of carbonyl (C=O) groups is 1. The lowest BCUT2D eigenvalue weighted by Crippen LogP contribution is -2.04. The zero-order chi connectivity index (χ0) is 18.5. The van der Waals surface area contributed by atoms with Crippen molar-refractivity contribution in [2.24, 2.45) is 0 Å². The summed E-state index contributed by atoms with van der Waals surface area (Å²) in [5.74, 6) is 0.829. The third-order valence-electron chi connectivity index (χ3n) is 3.85. The minimum atomic E-state index is -0.520. The summed E-state index contributed by atoms with van der Waals surface area (Å²) in [6.45, 7) is 2.68. The van der Waals surface area contributed by atoms with E-state index < -0.39 is 4.92 Å². The molecule has 2 aromatic carbocycles. The van der Waals surface area contributed by atoms with Crippen LogP contribution in [0, 0.1) is 10.1 Å². The molecule has 0 amide bonds. The molecule has 0 saturated heterocycles. The molecule has 0 aliphatic heterocycles. The Hall–Kier alpha value is -3.00. The number of carbonyl (C=O) groups excluding carboxylic acids is 1. The monoisotopic (exact) mass is 368 g/mol. The fourth-order valence-corrected chi connectivity index (χ4v) is 3.54. The molecule has 0 aliphatic carbocycles. The van der Waals surface area contributed by atoms with E-state index in [0.29, 0.717) is 29.3 Å². The van der Waals surface area contributed by atoms with Crippen molar-refractivity contribution in [3.05, 3.63) is 75.6 Å². The molecule has 0 saturated carbocycles. The number of benzene rings is 2. The van der Waals surface area contributed by atoms with Gasteiger partial charge in [-0.2, -0.15) is 0 Å². The number of nitro benzene ring substituents is 1. The fraction of sp³-hybridized carbons (Fsp3) is 0.167. The van der Waals surface area contributed by atoms with Crippen LogP contribution in [0.4, 0.5) is 5.69 Å². The Balaban J connectivity index is 1.89. The van der Waals surface area contributed by atoms with Crippen molar-refractivity contribution >= 4 is 23.7 Å². The summed E-state index contributed by atoms with van der Waals surface area (Å²) in [5.41, 5.74) is 1.28. The van der Waals surface area contributed by atoms with E-state index >= 15 is 0 Å². The molecule has 3 rings (SSSR count). The van der Waals surface area contributed by atoms with Crippen LogP contribution >= 0.6 is 11.8 Å². The van der Waals surface area contributed by atoms with Gasteiger partial charge in [-0.1, -0.05) is 30.3 Å². The van der Waals surface area contributed by atoms with Crippen molar-refractivity contribution in [3.8, 4) is 0 Å². The summed E-state index contributed by atoms with van der Waals surface area (Å²) < 4.78 is 1.98. The highest BCUT2D eigenvalue weighted by Gasteiger charge is 2.16. The van der Waals surface area contributed by atoms with Crippen molar-refractivity contribution in [1.82, 2.24) is 14.8 Å². The first kappa shape index (κ1) is 17.8. The summed E-state index contributed by atoms with van der Waals surface area (Å²) in [7, 11) is 0. The fourth-order valence-electron chi connectivity index (χ4n) is 2.55. The van der Waals surface area contributed by atoms with E-state index in [1.807, 2.05) is 41.8 Å². The van der Waals surface area contributed by atoms with E-state index in [1.165, 1.54) is 23.9 Å². The van der Waals surface area contributed by atoms with Gasteiger partial charge in [0, 0.05) is 35.6 Å². The summed E-state index contributed by atoms with van der Waals surface area (Å²) in [4.78, 5) is 22.3. The summed E-state index contributed by atoms with van der Waals surface area (Å²) in [5, 5.41) is 20.0. The number of aldehydes is 1. The summed E-state index contributed by atoms with van der Waals surface area (Å²) in [6.07, 6.45) is 1.27. The van der Waals surface area contributed by atoms with E-state index in [1.54, 1.807) is 6.07 Å².